The Kier molecular flexibility index (Phi) is 5.47. The van der Waals surface area contributed by atoms with Gasteiger partial charge in [-0.1, -0.05) is 35.3 Å². The molecule has 2 aromatic carbocycles. The van der Waals surface area contributed by atoms with Crippen LogP contribution in [0.15, 0.2) is 42.5 Å². The lowest BCUT2D eigenvalue weighted by Gasteiger charge is -2.36. The van der Waals surface area contributed by atoms with Crippen LogP contribution in [0.4, 0.5) is 5.69 Å². The summed E-state index contributed by atoms with van der Waals surface area (Å²) in [5.41, 5.74) is 2.56. The molecule has 2 heterocycles. The summed E-state index contributed by atoms with van der Waals surface area (Å²) in [6.45, 7) is 3.40. The van der Waals surface area contributed by atoms with Crippen molar-refractivity contribution in [3.8, 4) is 0 Å². The lowest BCUT2D eigenvalue weighted by molar-refractivity contribution is -0.120. The molecule has 0 spiro atoms. The van der Waals surface area contributed by atoms with E-state index < -0.39 is 0 Å². The Morgan fingerprint density at radius 2 is 1.71 bits per heavy atom. The highest BCUT2D eigenvalue weighted by Crippen LogP contribution is 2.30. The number of anilines is 1. The zero-order valence-corrected chi connectivity index (χ0v) is 16.8. The monoisotopic (exact) mass is 417 g/mol. The minimum atomic E-state index is -0.100. The van der Waals surface area contributed by atoms with Crippen molar-refractivity contribution < 1.29 is 9.59 Å². The van der Waals surface area contributed by atoms with Gasteiger partial charge in [-0.15, -0.1) is 0 Å². The quantitative estimate of drug-likeness (QED) is 0.830. The SMILES string of the molecule is O=C1NCCC1c1ccc(C(=O)N2CCN(c3ccc(Cl)cc3Cl)CC2)cc1. The fraction of sp³-hybridized carbons (Fsp3) is 0.333. The van der Waals surface area contributed by atoms with E-state index in [0.29, 0.717) is 48.3 Å². The van der Waals surface area contributed by atoms with Gasteiger partial charge < -0.3 is 15.1 Å². The molecule has 0 bridgehead atoms. The first kappa shape index (κ1) is 19.1. The summed E-state index contributed by atoms with van der Waals surface area (Å²) in [7, 11) is 0. The van der Waals surface area contributed by atoms with Crippen LogP contribution >= 0.6 is 23.2 Å². The van der Waals surface area contributed by atoms with Gasteiger partial charge in [-0.05, 0) is 42.3 Å². The van der Waals surface area contributed by atoms with E-state index in [1.54, 1.807) is 6.07 Å². The predicted molar refractivity (Wildman–Crippen MR) is 111 cm³/mol. The van der Waals surface area contributed by atoms with E-state index in [1.165, 1.54) is 0 Å². The summed E-state index contributed by atoms with van der Waals surface area (Å²) in [6.07, 6.45) is 0.807. The number of carbonyl (C=O) groups is 2. The van der Waals surface area contributed by atoms with Gasteiger partial charge in [-0.3, -0.25) is 9.59 Å². The van der Waals surface area contributed by atoms with Crippen molar-refractivity contribution >= 4 is 40.7 Å². The molecule has 0 aromatic heterocycles. The van der Waals surface area contributed by atoms with Crippen LogP contribution in [0.5, 0.6) is 0 Å². The molecule has 28 heavy (non-hydrogen) atoms. The van der Waals surface area contributed by atoms with Gasteiger partial charge in [-0.2, -0.15) is 0 Å². The van der Waals surface area contributed by atoms with Crippen molar-refractivity contribution in [2.45, 2.75) is 12.3 Å². The molecule has 0 aliphatic carbocycles. The Bertz CT molecular complexity index is 893. The first-order valence-corrected chi connectivity index (χ1v) is 10.2. The minimum Gasteiger partial charge on any atom is -0.367 e. The summed E-state index contributed by atoms with van der Waals surface area (Å²) in [6, 6.07) is 12.9. The number of piperazine rings is 1. The zero-order chi connectivity index (χ0) is 19.7. The van der Waals surface area contributed by atoms with Crippen LogP contribution in [0.2, 0.25) is 10.0 Å². The van der Waals surface area contributed by atoms with Crippen molar-refractivity contribution in [1.82, 2.24) is 10.2 Å². The third-order valence-electron chi connectivity index (χ3n) is 5.43. The molecule has 4 rings (SSSR count). The number of hydrogen-bond donors (Lipinski definition) is 1. The lowest BCUT2D eigenvalue weighted by Crippen LogP contribution is -2.48. The molecular weight excluding hydrogens is 397 g/mol. The molecule has 0 saturated carbocycles. The number of amides is 2. The van der Waals surface area contributed by atoms with E-state index >= 15 is 0 Å². The second-order valence-corrected chi connectivity index (χ2v) is 7.97. The summed E-state index contributed by atoms with van der Waals surface area (Å²) in [4.78, 5) is 28.7. The van der Waals surface area contributed by atoms with Crippen LogP contribution in [-0.4, -0.2) is 49.4 Å². The summed E-state index contributed by atoms with van der Waals surface area (Å²) >= 11 is 12.3. The molecule has 2 aliphatic heterocycles. The van der Waals surface area contributed by atoms with Crippen molar-refractivity contribution in [2.75, 3.05) is 37.6 Å². The maximum atomic E-state index is 12.8. The first-order valence-electron chi connectivity index (χ1n) is 9.40. The van der Waals surface area contributed by atoms with E-state index in [0.717, 1.165) is 17.7 Å². The molecule has 5 nitrogen and oxygen atoms in total. The standard InChI is InChI=1S/C21H21Cl2N3O2/c22-16-5-6-19(18(23)13-16)25-9-11-26(12-10-25)21(28)15-3-1-14(2-4-15)17-7-8-24-20(17)27/h1-6,13,17H,7-12H2,(H,24,27). The molecular formula is C21H21Cl2N3O2. The molecule has 2 aromatic rings. The molecule has 7 heteroatoms. The van der Waals surface area contributed by atoms with E-state index in [4.69, 9.17) is 23.2 Å². The van der Waals surface area contributed by atoms with Gasteiger partial charge in [-0.25, -0.2) is 0 Å². The van der Waals surface area contributed by atoms with Gasteiger partial charge in [0.05, 0.1) is 16.6 Å². The number of carbonyl (C=O) groups excluding carboxylic acids is 2. The van der Waals surface area contributed by atoms with Gasteiger partial charge in [0.15, 0.2) is 0 Å². The van der Waals surface area contributed by atoms with Crippen molar-refractivity contribution in [1.29, 1.82) is 0 Å². The third-order valence-corrected chi connectivity index (χ3v) is 5.96. The molecule has 2 fully saturated rings. The fourth-order valence-corrected chi connectivity index (χ4v) is 4.37. The predicted octanol–water partition coefficient (Wildman–Crippen LogP) is 3.56. The van der Waals surface area contributed by atoms with Gasteiger partial charge in [0.25, 0.3) is 5.91 Å². The number of hydrogen-bond acceptors (Lipinski definition) is 3. The lowest BCUT2D eigenvalue weighted by atomic mass is 9.96. The van der Waals surface area contributed by atoms with E-state index in [1.807, 2.05) is 41.3 Å². The first-order chi connectivity index (χ1) is 13.5. The third kappa shape index (κ3) is 3.82. The summed E-state index contributed by atoms with van der Waals surface area (Å²) < 4.78 is 0. The number of nitrogens with one attached hydrogen (secondary N) is 1. The highest BCUT2D eigenvalue weighted by Gasteiger charge is 2.27. The van der Waals surface area contributed by atoms with Gasteiger partial charge in [0.1, 0.15) is 0 Å². The van der Waals surface area contributed by atoms with Gasteiger partial charge >= 0.3 is 0 Å². The van der Waals surface area contributed by atoms with Crippen LogP contribution in [0.3, 0.4) is 0 Å². The molecule has 146 valence electrons. The maximum absolute atomic E-state index is 12.8. The van der Waals surface area contributed by atoms with Crippen LogP contribution in [0.1, 0.15) is 28.3 Å². The van der Waals surface area contributed by atoms with E-state index in [2.05, 4.69) is 10.2 Å². The highest BCUT2D eigenvalue weighted by atomic mass is 35.5. The van der Waals surface area contributed by atoms with Crippen molar-refractivity contribution in [3.05, 3.63) is 63.6 Å². The Morgan fingerprint density at radius 3 is 2.32 bits per heavy atom. The Balaban J connectivity index is 1.39. The Morgan fingerprint density at radius 1 is 1.00 bits per heavy atom. The van der Waals surface area contributed by atoms with Crippen LogP contribution in [-0.2, 0) is 4.79 Å². The normalized spacial score (nSPS) is 19.6. The van der Waals surface area contributed by atoms with Crippen LogP contribution in [0.25, 0.3) is 0 Å². The molecule has 2 saturated heterocycles. The zero-order valence-electron chi connectivity index (χ0n) is 15.3. The maximum Gasteiger partial charge on any atom is 0.253 e. The van der Waals surface area contributed by atoms with E-state index in [9.17, 15) is 9.59 Å². The second-order valence-electron chi connectivity index (χ2n) is 7.13. The van der Waals surface area contributed by atoms with Crippen molar-refractivity contribution in [3.63, 3.8) is 0 Å². The Hall–Kier alpha value is -2.24. The highest BCUT2D eigenvalue weighted by molar-refractivity contribution is 6.36. The second kappa shape index (κ2) is 8.02. The number of benzene rings is 2. The summed E-state index contributed by atoms with van der Waals surface area (Å²) in [5, 5.41) is 4.08. The molecule has 1 atom stereocenters. The van der Waals surface area contributed by atoms with Crippen LogP contribution in [0, 0.1) is 0 Å². The number of nitrogens with zero attached hydrogens (tertiary/aromatic N) is 2. The minimum absolute atomic E-state index is 0.0178. The molecule has 1 N–H and O–H groups in total. The van der Waals surface area contributed by atoms with Crippen molar-refractivity contribution in [2.24, 2.45) is 0 Å². The molecule has 1 unspecified atom stereocenters. The fourth-order valence-electron chi connectivity index (χ4n) is 3.84. The molecule has 2 amide bonds. The smallest absolute Gasteiger partial charge is 0.253 e. The average Bonchev–Trinajstić information content (AvgIpc) is 3.14. The number of halogens is 2. The number of rotatable bonds is 3. The van der Waals surface area contributed by atoms with E-state index in [-0.39, 0.29) is 17.7 Å². The molecule has 2 aliphatic rings. The average molecular weight is 418 g/mol. The van der Waals surface area contributed by atoms with Gasteiger partial charge in [0.2, 0.25) is 5.91 Å². The summed E-state index contributed by atoms with van der Waals surface area (Å²) in [5.74, 6) is -0.0165. The van der Waals surface area contributed by atoms with Crippen LogP contribution < -0.4 is 10.2 Å². The largest absolute Gasteiger partial charge is 0.367 e. The van der Waals surface area contributed by atoms with Gasteiger partial charge in [0, 0.05) is 43.3 Å². The topological polar surface area (TPSA) is 52.7 Å². The Labute approximate surface area is 174 Å². The molecule has 0 radical (unpaired) electrons.